The van der Waals surface area contributed by atoms with Gasteiger partial charge in [-0.25, -0.2) is 9.97 Å². The number of hydrogen-bond acceptors (Lipinski definition) is 4. The zero-order chi connectivity index (χ0) is 34.8. The van der Waals surface area contributed by atoms with Gasteiger partial charge in [-0.15, -0.1) is 0 Å². The number of nitrogens with zero attached hydrogens (tertiary/aromatic N) is 4. The topological polar surface area (TPSA) is 32.3 Å². The summed E-state index contributed by atoms with van der Waals surface area (Å²) in [6.07, 6.45) is 9.67. The van der Waals surface area contributed by atoms with Crippen LogP contribution in [0.25, 0.3) is 43.5 Å². The largest absolute Gasteiger partial charge is 0.315 e. The van der Waals surface area contributed by atoms with E-state index in [4.69, 9.17) is 9.97 Å². The van der Waals surface area contributed by atoms with E-state index in [0.29, 0.717) is 0 Å². The third-order valence-electron chi connectivity index (χ3n) is 10.9. The molecule has 2 aliphatic carbocycles. The van der Waals surface area contributed by atoms with Gasteiger partial charge in [0.1, 0.15) is 11.6 Å². The molecule has 2 aromatic heterocycles. The van der Waals surface area contributed by atoms with Gasteiger partial charge in [0.25, 0.3) is 0 Å². The quantitative estimate of drug-likeness (QED) is 0.176. The molecule has 2 heterocycles. The molecule has 0 radical (unpaired) electrons. The van der Waals surface area contributed by atoms with Crippen molar-refractivity contribution in [1.82, 2.24) is 9.97 Å². The Kier molecular flexibility index (Phi) is 7.03. The first-order valence-electron chi connectivity index (χ1n) is 18.0. The summed E-state index contributed by atoms with van der Waals surface area (Å²) in [7, 11) is 0. The van der Waals surface area contributed by atoms with Crippen LogP contribution in [0.5, 0.6) is 0 Å². The third-order valence-corrected chi connectivity index (χ3v) is 10.9. The highest BCUT2D eigenvalue weighted by atomic mass is 15.2. The number of aryl methyl sites for hydroxylation is 1. The second-order valence-electron chi connectivity index (χ2n) is 13.9. The molecule has 10 rings (SSSR count). The van der Waals surface area contributed by atoms with Crippen molar-refractivity contribution in [2.75, 3.05) is 9.80 Å². The van der Waals surface area contributed by atoms with Gasteiger partial charge in [0.05, 0.1) is 17.4 Å². The highest BCUT2D eigenvalue weighted by Crippen LogP contribution is 2.50. The van der Waals surface area contributed by atoms with Crippen LogP contribution < -0.4 is 9.80 Å². The first kappa shape index (κ1) is 30.3. The Morgan fingerprint density at radius 2 is 1.38 bits per heavy atom. The number of benzene rings is 6. The maximum absolute atomic E-state index is 5.07. The fourth-order valence-corrected chi connectivity index (χ4v) is 8.48. The van der Waals surface area contributed by atoms with Crippen LogP contribution in [0.2, 0.25) is 0 Å². The highest BCUT2D eigenvalue weighted by Gasteiger charge is 2.35. The Morgan fingerprint density at radius 3 is 2.23 bits per heavy atom. The maximum Gasteiger partial charge on any atom is 0.138 e. The molecule has 4 nitrogen and oxygen atoms in total. The van der Waals surface area contributed by atoms with Crippen molar-refractivity contribution in [1.29, 1.82) is 0 Å². The standard InChI is InChI=1S/C48H36N4/c1-31-27-43(51(36-17-4-3-5-18-36)46-29-34-14-6-7-15-35(34)30-50-46)40-24-22-38-32(2)28-44(41-25-23-37(31)47(40)48(38)41)52(45-21-10-11-26-49-45)42-20-12-16-33-13-8-9-19-39(33)42/h3-22,24-30,44H,23H2,1-2H3. The molecule has 2 aliphatic rings. The second kappa shape index (κ2) is 12.1. The normalized spacial score (nSPS) is 14.7. The minimum Gasteiger partial charge on any atom is -0.315 e. The van der Waals surface area contributed by atoms with Crippen LogP contribution in [0, 0.1) is 6.92 Å². The van der Waals surface area contributed by atoms with E-state index in [2.05, 4.69) is 169 Å². The van der Waals surface area contributed by atoms with E-state index in [9.17, 15) is 0 Å². The lowest BCUT2D eigenvalue weighted by Gasteiger charge is -2.39. The summed E-state index contributed by atoms with van der Waals surface area (Å²) in [5, 5.41) is 7.29. The van der Waals surface area contributed by atoms with Crippen molar-refractivity contribution in [2.24, 2.45) is 0 Å². The second-order valence-corrected chi connectivity index (χ2v) is 13.9. The molecule has 0 amide bonds. The van der Waals surface area contributed by atoms with Gasteiger partial charge in [0.2, 0.25) is 0 Å². The molecule has 6 aromatic carbocycles. The number of fused-ring (bicyclic) bond motifs is 2. The number of rotatable bonds is 6. The molecule has 1 unspecified atom stereocenters. The van der Waals surface area contributed by atoms with E-state index in [1.807, 2.05) is 18.5 Å². The molecule has 0 aliphatic heterocycles. The lowest BCUT2D eigenvalue weighted by atomic mass is 9.75. The number of pyridine rings is 2. The zero-order valence-electron chi connectivity index (χ0n) is 29.2. The van der Waals surface area contributed by atoms with E-state index in [0.717, 1.165) is 40.5 Å². The van der Waals surface area contributed by atoms with Gasteiger partial charge >= 0.3 is 0 Å². The van der Waals surface area contributed by atoms with Gasteiger partial charge in [-0.2, -0.15) is 0 Å². The molecule has 52 heavy (non-hydrogen) atoms. The Labute approximate surface area is 303 Å². The molecule has 0 bridgehead atoms. The lowest BCUT2D eigenvalue weighted by Crippen LogP contribution is -2.34. The fraction of sp³-hybridized carbons (Fsp3) is 0.0833. The first-order valence-corrected chi connectivity index (χ1v) is 18.0. The van der Waals surface area contributed by atoms with E-state index in [-0.39, 0.29) is 6.04 Å². The van der Waals surface area contributed by atoms with Crippen LogP contribution >= 0.6 is 0 Å². The van der Waals surface area contributed by atoms with E-state index < -0.39 is 0 Å². The van der Waals surface area contributed by atoms with E-state index in [1.165, 1.54) is 60.3 Å². The average Bonchev–Trinajstić information content (AvgIpc) is 3.20. The van der Waals surface area contributed by atoms with Crippen LogP contribution in [0.4, 0.5) is 28.7 Å². The third kappa shape index (κ3) is 4.75. The monoisotopic (exact) mass is 668 g/mol. The molecule has 1 atom stereocenters. The molecule has 0 saturated carbocycles. The van der Waals surface area contributed by atoms with Crippen molar-refractivity contribution in [3.8, 4) is 0 Å². The molecular formula is C48H36N4. The van der Waals surface area contributed by atoms with Crippen molar-refractivity contribution < 1.29 is 0 Å². The summed E-state index contributed by atoms with van der Waals surface area (Å²) in [5.41, 5.74) is 11.3. The number of para-hydroxylation sites is 1. The van der Waals surface area contributed by atoms with Crippen LogP contribution in [0.1, 0.15) is 29.2 Å². The van der Waals surface area contributed by atoms with Gasteiger partial charge in [-0.05, 0) is 112 Å². The number of anilines is 5. The van der Waals surface area contributed by atoms with Gasteiger partial charge < -0.3 is 4.90 Å². The Hall–Kier alpha value is -6.52. The summed E-state index contributed by atoms with van der Waals surface area (Å²) in [6.45, 7) is 4.54. The summed E-state index contributed by atoms with van der Waals surface area (Å²) in [5.74, 6) is 1.83. The van der Waals surface area contributed by atoms with Crippen LogP contribution in [-0.4, -0.2) is 16.0 Å². The van der Waals surface area contributed by atoms with Crippen LogP contribution in [0.3, 0.4) is 0 Å². The van der Waals surface area contributed by atoms with Gasteiger partial charge in [0, 0.05) is 34.2 Å². The maximum atomic E-state index is 5.07. The average molecular weight is 669 g/mol. The molecule has 248 valence electrons. The van der Waals surface area contributed by atoms with Gasteiger partial charge in [0.15, 0.2) is 0 Å². The minimum absolute atomic E-state index is 0.0525. The summed E-state index contributed by atoms with van der Waals surface area (Å²) >= 11 is 0. The number of aromatic nitrogens is 2. The molecule has 0 fully saturated rings. The Balaban J connectivity index is 1.21. The van der Waals surface area contributed by atoms with Crippen LogP contribution in [-0.2, 0) is 6.42 Å². The molecular weight excluding hydrogens is 633 g/mol. The lowest BCUT2D eigenvalue weighted by molar-refractivity contribution is 0.925. The van der Waals surface area contributed by atoms with Crippen molar-refractivity contribution in [2.45, 2.75) is 26.3 Å². The predicted octanol–water partition coefficient (Wildman–Crippen LogP) is 12.3. The SMILES string of the molecule is CC1=CC(N(c2ccccn2)c2cccc3ccccc23)C2=CCc3c(C)cc(N(c4ccccc4)c4cc5ccccc5cn4)c4ccc1c2c34. The summed E-state index contributed by atoms with van der Waals surface area (Å²) < 4.78 is 0. The smallest absolute Gasteiger partial charge is 0.138 e. The zero-order valence-corrected chi connectivity index (χ0v) is 29.2. The van der Waals surface area contributed by atoms with Crippen LogP contribution in [0.15, 0.2) is 164 Å². The summed E-state index contributed by atoms with van der Waals surface area (Å²) in [4.78, 5) is 14.8. The van der Waals surface area contributed by atoms with Crippen molar-refractivity contribution >= 4 is 72.2 Å². The van der Waals surface area contributed by atoms with Gasteiger partial charge in [-0.3, -0.25) is 4.90 Å². The molecule has 0 saturated heterocycles. The molecule has 0 spiro atoms. The molecule has 8 aromatic rings. The fourth-order valence-electron chi connectivity index (χ4n) is 8.48. The van der Waals surface area contributed by atoms with E-state index >= 15 is 0 Å². The van der Waals surface area contributed by atoms with Crippen molar-refractivity contribution in [3.05, 3.63) is 186 Å². The Bertz CT molecular complexity index is 2740. The highest BCUT2D eigenvalue weighted by molar-refractivity contribution is 6.12. The number of allylic oxidation sites excluding steroid dienone is 2. The molecule has 4 heteroatoms. The molecule has 0 N–H and O–H groups in total. The first-order chi connectivity index (χ1) is 25.6. The minimum atomic E-state index is -0.0525. The van der Waals surface area contributed by atoms with E-state index in [1.54, 1.807) is 0 Å². The number of hydrogen-bond donors (Lipinski definition) is 0. The van der Waals surface area contributed by atoms with Gasteiger partial charge in [-0.1, -0.05) is 109 Å². The van der Waals surface area contributed by atoms with Crippen molar-refractivity contribution in [3.63, 3.8) is 0 Å². The predicted molar refractivity (Wildman–Crippen MR) is 218 cm³/mol. The summed E-state index contributed by atoms with van der Waals surface area (Å²) in [6, 6.07) is 49.8. The Morgan fingerprint density at radius 1 is 0.615 bits per heavy atom.